The Bertz CT molecular complexity index is 4300. The number of rotatable bonds is 49. The highest BCUT2D eigenvalue weighted by Crippen LogP contribution is 2.35. The van der Waals surface area contributed by atoms with Crippen molar-refractivity contribution in [2.45, 2.75) is 405 Å². The molecule has 2 aromatic rings. The van der Waals surface area contributed by atoms with Crippen LogP contribution in [0.25, 0.3) is 0 Å². The molecule has 10 amide bonds. The standard InChI is InChI=1S/C51H80N6O12.C50H78N6O12/c1-6-30(2)44-40(61)27-35(26-34-20-22-36(59)23-21-34)48(65)57-45(33(5)58)49(66)54-39(24-25-42(53)62)47(64)38-29-41(69-51(68)32(38)4)46(50(67)56-44)55-43(63)28-37(60)19-17-15-13-11-9-7-8-10-12-14-16-18-31(3)52;1-6-29(2)43-39(60)25-34(24-33-20-22-35(58)23-21-33)47(64)56-44(32(5)57)48(65)53-38(28-41(52)61)46(63)37-27-40(68-50(67)31(37)4)45(49(66)55-43)54-42(62)26-36(59)19-17-15-13-11-9-7-8-10-12-14-16-18-30(3)51/h20-23,30,32-33,35,37-39,41,44-46,52,58-60H,6-19,24-29H2,1-5H3,(H2,53,62)(H,54,66)(H,55,63)(H,56,67)(H,57,65);20-23,29,31-32,34,36-38,40,43-45,51,57-59H,6-19,24-28H2,1-5H3,(H2,52,61)(H,53,65)(H,54,62)(H,55,66)(H,56,64). The fourth-order valence-corrected chi connectivity index (χ4v) is 18.0. The Morgan fingerprint density at radius 2 is 0.737 bits per heavy atom. The number of Topliss-reactive ketones (excluding diaryl/α,β-unsaturated/α-hetero) is 4. The number of hydrogen-bond acceptors (Lipinski definition) is 26. The van der Waals surface area contributed by atoms with Crippen molar-refractivity contribution in [3.63, 3.8) is 0 Å². The average molecular weight is 1920 g/mol. The zero-order valence-corrected chi connectivity index (χ0v) is 82.1. The Labute approximate surface area is 806 Å². The van der Waals surface area contributed by atoms with Gasteiger partial charge in [0.05, 0.1) is 79.7 Å². The van der Waals surface area contributed by atoms with Gasteiger partial charge in [0.1, 0.15) is 47.9 Å². The molecule has 0 spiro atoms. The number of fused-ring (bicyclic) bond motifs is 4. The van der Waals surface area contributed by atoms with Crippen molar-refractivity contribution in [2.75, 3.05) is 0 Å². The van der Waals surface area contributed by atoms with Gasteiger partial charge in [-0.15, -0.1) is 0 Å². The molecule has 4 heterocycles. The first-order valence-corrected chi connectivity index (χ1v) is 49.8. The van der Waals surface area contributed by atoms with E-state index in [2.05, 4.69) is 42.5 Å². The van der Waals surface area contributed by atoms with Gasteiger partial charge in [0.15, 0.2) is 23.1 Å². The van der Waals surface area contributed by atoms with E-state index in [1.54, 1.807) is 52.0 Å². The van der Waals surface area contributed by atoms with Crippen LogP contribution in [-0.4, -0.2) is 221 Å². The number of ketones is 4. The van der Waals surface area contributed by atoms with E-state index in [1.807, 2.05) is 13.8 Å². The Hall–Kier alpha value is -10.5. The van der Waals surface area contributed by atoms with E-state index < -0.39 is 259 Å². The van der Waals surface area contributed by atoms with Crippen molar-refractivity contribution in [3.05, 3.63) is 59.7 Å². The SMILES string of the molecule is CCC(C)C1NC(=O)C(NC(=O)CC(O)CCCCCCCCCCCCCC(C)=N)C2CC(C(=O)C(CC(N)=O)NC(=O)C(C(C)O)NC(=O)C(Cc3ccc(O)cc3)CC1=O)C(C)C(=O)O2.CCC(C)C1NC(=O)C(NC(=O)CC(O)CCCCCCCCCCCCCC(C)=N)C2CC(C(=O)C(CCC(N)=O)NC(=O)C(C(C)O)NC(=O)C(Cc3ccc(O)cc3)CC1=O)C(C)C(=O)O2. The van der Waals surface area contributed by atoms with E-state index in [4.69, 9.17) is 31.8 Å². The molecule has 4 bridgehead atoms. The maximum atomic E-state index is 14.6. The van der Waals surface area contributed by atoms with Crippen LogP contribution in [0.5, 0.6) is 11.5 Å². The van der Waals surface area contributed by atoms with Crippen LogP contribution in [0.2, 0.25) is 0 Å². The highest BCUT2D eigenvalue weighted by Gasteiger charge is 2.51. The maximum Gasteiger partial charge on any atom is 0.309 e. The van der Waals surface area contributed by atoms with Crippen molar-refractivity contribution in [3.8, 4) is 11.5 Å². The summed E-state index contributed by atoms with van der Waals surface area (Å²) in [6.07, 6.45) is 14.3. The van der Waals surface area contributed by atoms with Crippen LogP contribution in [0.3, 0.4) is 0 Å². The molecule has 2 aromatic carbocycles. The summed E-state index contributed by atoms with van der Waals surface area (Å²) in [7, 11) is 0. The summed E-state index contributed by atoms with van der Waals surface area (Å²) in [5.41, 5.74) is 13.5. The number of amides is 10. The largest absolute Gasteiger partial charge is 0.508 e. The summed E-state index contributed by atoms with van der Waals surface area (Å²) in [6.45, 7) is 16.0. The van der Waals surface area contributed by atoms with E-state index in [9.17, 15) is 107 Å². The summed E-state index contributed by atoms with van der Waals surface area (Å²) < 4.78 is 11.5. The highest BCUT2D eigenvalue weighted by molar-refractivity contribution is 6.02. The van der Waals surface area contributed by atoms with E-state index in [0.717, 1.165) is 114 Å². The van der Waals surface area contributed by atoms with Gasteiger partial charge in [-0.3, -0.25) is 76.7 Å². The van der Waals surface area contributed by atoms with E-state index >= 15 is 0 Å². The number of aliphatic hydroxyl groups excluding tert-OH is 4. The molecule has 0 aliphatic carbocycles. The molecule has 0 aromatic heterocycles. The molecule has 4 aliphatic rings. The number of aromatic hydroxyl groups is 2. The van der Waals surface area contributed by atoms with Crippen LogP contribution in [0, 0.1) is 58.2 Å². The molecule has 22 atom stereocenters. The van der Waals surface area contributed by atoms with Gasteiger partial charge in [-0.1, -0.05) is 207 Å². The lowest BCUT2D eigenvalue weighted by Crippen LogP contribution is -2.61. The first-order chi connectivity index (χ1) is 64.9. The van der Waals surface area contributed by atoms with Crippen LogP contribution in [-0.2, 0) is 99.0 Å². The Morgan fingerprint density at radius 1 is 0.423 bits per heavy atom. The zero-order valence-electron chi connectivity index (χ0n) is 82.1. The van der Waals surface area contributed by atoms with Gasteiger partial charge in [-0.2, -0.15) is 0 Å². The van der Waals surface area contributed by atoms with Gasteiger partial charge in [0.25, 0.3) is 0 Å². The number of benzene rings is 2. The molecular formula is C101H158N12O24. The number of carbonyl (C=O) groups excluding carboxylic acids is 16. The van der Waals surface area contributed by atoms with Crippen LogP contribution in [0.1, 0.15) is 318 Å². The number of unbranched alkanes of at least 4 members (excludes halogenated alkanes) is 20. The topological polar surface area (TPSA) is 609 Å². The van der Waals surface area contributed by atoms with Crippen LogP contribution >= 0.6 is 0 Å². The van der Waals surface area contributed by atoms with Crippen molar-refractivity contribution < 1.29 is 117 Å². The summed E-state index contributed by atoms with van der Waals surface area (Å²) in [5, 5.41) is 99.0. The normalized spacial score (nSPS) is 25.4. The second-order valence-corrected chi connectivity index (χ2v) is 38.7. The van der Waals surface area contributed by atoms with E-state index in [-0.39, 0.29) is 50.0 Å². The number of hydrogen-bond donors (Lipinski definition) is 18. The Kier molecular flexibility index (Phi) is 52.2. The number of aliphatic hydroxyl groups is 4. The van der Waals surface area contributed by atoms with Crippen LogP contribution in [0.4, 0.5) is 0 Å². The predicted octanol–water partition coefficient (Wildman–Crippen LogP) is 7.92. The van der Waals surface area contributed by atoms with Gasteiger partial charge in [0.2, 0.25) is 59.1 Å². The minimum absolute atomic E-state index is 0.0411. The number of ether oxygens (including phenoxy) is 2. The van der Waals surface area contributed by atoms with Gasteiger partial charge in [-0.25, -0.2) is 0 Å². The molecule has 22 unspecified atom stereocenters. The highest BCUT2D eigenvalue weighted by atomic mass is 16.6. The number of primary amides is 2. The Morgan fingerprint density at radius 3 is 1.05 bits per heavy atom. The molecular weight excluding hydrogens is 1770 g/mol. The van der Waals surface area contributed by atoms with E-state index in [1.165, 1.54) is 90.5 Å². The fraction of sp³-hybridized carbons (Fsp3) is 0.703. The number of carbonyl (C=O) groups is 16. The fourth-order valence-electron chi connectivity index (χ4n) is 18.0. The van der Waals surface area contributed by atoms with Gasteiger partial charge in [0, 0.05) is 54.4 Å². The molecule has 137 heavy (non-hydrogen) atoms. The molecule has 0 radical (unpaired) electrons. The number of nitrogens with two attached hydrogens (primary N) is 2. The lowest BCUT2D eigenvalue weighted by Gasteiger charge is -2.38. The van der Waals surface area contributed by atoms with Gasteiger partial charge < -0.3 is 105 Å². The minimum Gasteiger partial charge on any atom is -0.508 e. The molecule has 4 aliphatic heterocycles. The van der Waals surface area contributed by atoms with Crippen LogP contribution in [0.15, 0.2) is 48.5 Å². The smallest absolute Gasteiger partial charge is 0.309 e. The number of phenolic OH excluding ortho intramolecular Hbond substituents is 2. The third-order valence-electron chi connectivity index (χ3n) is 26.9. The van der Waals surface area contributed by atoms with Crippen molar-refractivity contribution in [1.82, 2.24) is 42.5 Å². The van der Waals surface area contributed by atoms with Crippen molar-refractivity contribution in [2.24, 2.45) is 58.8 Å². The first kappa shape index (κ1) is 117. The first-order valence-electron chi connectivity index (χ1n) is 49.8. The molecule has 36 heteroatoms. The van der Waals surface area contributed by atoms with Crippen LogP contribution < -0.4 is 54.0 Å². The number of phenols is 2. The molecule has 36 nitrogen and oxygen atoms in total. The monoisotopic (exact) mass is 1920 g/mol. The van der Waals surface area contributed by atoms with E-state index in [0.29, 0.717) is 49.7 Å². The lowest BCUT2D eigenvalue weighted by molar-refractivity contribution is -0.171. The predicted molar refractivity (Wildman–Crippen MR) is 512 cm³/mol. The Balaban J connectivity index is 0.000000484. The number of nitrogens with one attached hydrogen (secondary N) is 10. The zero-order chi connectivity index (χ0) is 102. The lowest BCUT2D eigenvalue weighted by atomic mass is 9.78. The third-order valence-corrected chi connectivity index (χ3v) is 26.9. The summed E-state index contributed by atoms with van der Waals surface area (Å²) in [5.74, 6) is -21.7. The molecule has 0 saturated carbocycles. The maximum absolute atomic E-state index is 14.6. The summed E-state index contributed by atoms with van der Waals surface area (Å²) in [6, 6.07) is -0.508. The third kappa shape index (κ3) is 41.6. The number of esters is 2. The quantitative estimate of drug-likeness (QED) is 0.0170. The molecule has 4 fully saturated rings. The molecule has 6 rings (SSSR count). The second kappa shape index (κ2) is 61.1. The molecule has 766 valence electrons. The van der Waals surface area contributed by atoms with Gasteiger partial charge in [-0.05, 0) is 146 Å². The minimum atomic E-state index is -1.69. The average Bonchev–Trinajstić information content (AvgIpc) is 0.858. The summed E-state index contributed by atoms with van der Waals surface area (Å²) in [4.78, 5) is 222. The van der Waals surface area contributed by atoms with Gasteiger partial charge >= 0.3 is 11.9 Å². The second-order valence-electron chi connectivity index (χ2n) is 38.7. The summed E-state index contributed by atoms with van der Waals surface area (Å²) >= 11 is 0. The molecule has 4 saturated heterocycles. The van der Waals surface area contributed by atoms with Crippen molar-refractivity contribution in [1.29, 1.82) is 10.8 Å². The van der Waals surface area contributed by atoms with Crippen molar-refractivity contribution >= 4 is 106 Å². The molecule has 20 N–H and O–H groups in total.